The number of amides is 3. The number of carbonyl (C=O) groups is 3. The molecule has 0 bridgehead atoms. The van der Waals surface area contributed by atoms with Gasteiger partial charge in [-0.3, -0.25) is 14.4 Å². The maximum atomic E-state index is 12.2. The molecule has 1 heterocycles. The number of thioether (sulfide) groups is 1. The average molecular weight is 519 g/mol. The first-order chi connectivity index (χ1) is 14.9. The SMILES string of the molecule is CC(=O)Nc1cccc(NC(=O)CSc2nc(CC(=O)Nc3ccc(Br)cc3)cs2)c1. The highest BCUT2D eigenvalue weighted by Gasteiger charge is 2.11. The molecule has 0 radical (unpaired) electrons. The summed E-state index contributed by atoms with van der Waals surface area (Å²) in [6.07, 6.45) is 0.162. The topological polar surface area (TPSA) is 100 Å². The average Bonchev–Trinajstić information content (AvgIpc) is 3.15. The molecule has 7 nitrogen and oxygen atoms in total. The first kappa shape index (κ1) is 23.0. The van der Waals surface area contributed by atoms with Crippen LogP contribution in [0.3, 0.4) is 0 Å². The zero-order valence-corrected chi connectivity index (χ0v) is 19.7. The van der Waals surface area contributed by atoms with Gasteiger partial charge in [-0.1, -0.05) is 33.8 Å². The Hall–Kier alpha value is -2.69. The minimum absolute atomic E-state index is 0.152. The number of benzene rings is 2. The Balaban J connectivity index is 1.46. The van der Waals surface area contributed by atoms with E-state index in [1.807, 2.05) is 29.6 Å². The third-order valence-electron chi connectivity index (χ3n) is 3.79. The smallest absolute Gasteiger partial charge is 0.234 e. The predicted octanol–water partition coefficient (Wildman–Crippen LogP) is 4.78. The van der Waals surface area contributed by atoms with E-state index >= 15 is 0 Å². The van der Waals surface area contributed by atoms with Gasteiger partial charge in [0.1, 0.15) is 0 Å². The summed E-state index contributed by atoms with van der Waals surface area (Å²) in [6.45, 7) is 1.43. The molecule has 0 saturated carbocycles. The highest BCUT2D eigenvalue weighted by molar-refractivity contribution is 9.10. The Labute approximate surface area is 196 Å². The summed E-state index contributed by atoms with van der Waals surface area (Å²) in [5.74, 6) is -0.331. The fraction of sp³-hybridized carbons (Fsp3) is 0.143. The van der Waals surface area contributed by atoms with Crippen LogP contribution < -0.4 is 16.0 Å². The summed E-state index contributed by atoms with van der Waals surface area (Å²) in [5, 5.41) is 10.1. The lowest BCUT2D eigenvalue weighted by Crippen LogP contribution is -2.15. The third-order valence-corrected chi connectivity index (χ3v) is 6.39. The molecule has 160 valence electrons. The van der Waals surface area contributed by atoms with Crippen LogP contribution in [-0.2, 0) is 20.8 Å². The van der Waals surface area contributed by atoms with Crippen LogP contribution in [0, 0.1) is 0 Å². The Morgan fingerprint density at radius 2 is 1.65 bits per heavy atom. The van der Waals surface area contributed by atoms with E-state index in [4.69, 9.17) is 0 Å². The minimum Gasteiger partial charge on any atom is -0.326 e. The van der Waals surface area contributed by atoms with Gasteiger partial charge < -0.3 is 16.0 Å². The Morgan fingerprint density at radius 3 is 2.35 bits per heavy atom. The molecule has 2 aromatic carbocycles. The van der Waals surface area contributed by atoms with Crippen LogP contribution in [0.25, 0.3) is 0 Å². The number of nitrogens with one attached hydrogen (secondary N) is 3. The molecule has 3 rings (SSSR count). The molecule has 0 aliphatic rings. The fourth-order valence-corrected chi connectivity index (χ4v) is 4.45. The number of thiazole rings is 1. The molecule has 1 aromatic heterocycles. The highest BCUT2D eigenvalue weighted by Crippen LogP contribution is 2.24. The second-order valence-electron chi connectivity index (χ2n) is 6.44. The van der Waals surface area contributed by atoms with Crippen molar-refractivity contribution in [3.05, 3.63) is 64.1 Å². The first-order valence-electron chi connectivity index (χ1n) is 9.17. The Morgan fingerprint density at radius 1 is 0.968 bits per heavy atom. The molecule has 0 fully saturated rings. The molecule has 0 aliphatic carbocycles. The zero-order valence-electron chi connectivity index (χ0n) is 16.5. The van der Waals surface area contributed by atoms with E-state index in [2.05, 4.69) is 36.9 Å². The monoisotopic (exact) mass is 518 g/mol. The first-order valence-corrected chi connectivity index (χ1v) is 11.8. The Bertz CT molecular complexity index is 1090. The summed E-state index contributed by atoms with van der Waals surface area (Å²) in [6, 6.07) is 14.3. The van der Waals surface area contributed by atoms with Gasteiger partial charge in [-0.2, -0.15) is 0 Å². The Kier molecular flexibility index (Phi) is 8.21. The molecular formula is C21H19BrN4O3S2. The molecule has 0 saturated heterocycles. The summed E-state index contributed by atoms with van der Waals surface area (Å²) in [4.78, 5) is 40.0. The lowest BCUT2D eigenvalue weighted by molar-refractivity contribution is -0.116. The summed E-state index contributed by atoms with van der Waals surface area (Å²) in [5.41, 5.74) is 2.59. The fourth-order valence-electron chi connectivity index (χ4n) is 2.54. The lowest BCUT2D eigenvalue weighted by Gasteiger charge is -2.07. The van der Waals surface area contributed by atoms with Gasteiger partial charge >= 0.3 is 0 Å². The number of carbonyl (C=O) groups excluding carboxylic acids is 3. The van der Waals surface area contributed by atoms with Crippen molar-refractivity contribution < 1.29 is 14.4 Å². The van der Waals surface area contributed by atoms with Gasteiger partial charge in [0.25, 0.3) is 0 Å². The van der Waals surface area contributed by atoms with Crippen molar-refractivity contribution in [2.75, 3.05) is 21.7 Å². The van der Waals surface area contributed by atoms with Gasteiger partial charge in [0.2, 0.25) is 17.7 Å². The minimum atomic E-state index is -0.185. The van der Waals surface area contributed by atoms with E-state index < -0.39 is 0 Å². The molecular weight excluding hydrogens is 500 g/mol. The van der Waals surface area contributed by atoms with Crippen molar-refractivity contribution in [1.82, 2.24) is 4.98 Å². The van der Waals surface area contributed by atoms with E-state index in [9.17, 15) is 14.4 Å². The van der Waals surface area contributed by atoms with E-state index in [-0.39, 0.29) is 29.9 Å². The summed E-state index contributed by atoms with van der Waals surface area (Å²) < 4.78 is 1.66. The number of hydrogen-bond donors (Lipinski definition) is 3. The van der Waals surface area contributed by atoms with Crippen LogP contribution in [0.5, 0.6) is 0 Å². The number of halogens is 1. The van der Waals surface area contributed by atoms with Crippen molar-refractivity contribution in [3.63, 3.8) is 0 Å². The second kappa shape index (κ2) is 11.1. The molecule has 0 aliphatic heterocycles. The number of hydrogen-bond acceptors (Lipinski definition) is 6. The van der Waals surface area contributed by atoms with Crippen molar-refractivity contribution in [1.29, 1.82) is 0 Å². The summed E-state index contributed by atoms with van der Waals surface area (Å²) in [7, 11) is 0. The highest BCUT2D eigenvalue weighted by atomic mass is 79.9. The third kappa shape index (κ3) is 7.82. The van der Waals surface area contributed by atoms with E-state index in [1.165, 1.54) is 30.0 Å². The predicted molar refractivity (Wildman–Crippen MR) is 129 cm³/mol. The molecule has 0 unspecified atom stereocenters. The van der Waals surface area contributed by atoms with Crippen molar-refractivity contribution in [2.45, 2.75) is 17.7 Å². The van der Waals surface area contributed by atoms with Crippen LogP contribution in [-0.4, -0.2) is 28.5 Å². The van der Waals surface area contributed by atoms with Crippen LogP contribution in [0.15, 0.2) is 62.7 Å². The van der Waals surface area contributed by atoms with Crippen LogP contribution in [0.1, 0.15) is 12.6 Å². The van der Waals surface area contributed by atoms with Crippen molar-refractivity contribution in [2.24, 2.45) is 0 Å². The van der Waals surface area contributed by atoms with Crippen LogP contribution in [0.4, 0.5) is 17.1 Å². The zero-order chi connectivity index (χ0) is 22.2. The van der Waals surface area contributed by atoms with E-state index in [0.29, 0.717) is 21.4 Å². The molecule has 10 heteroatoms. The van der Waals surface area contributed by atoms with Crippen LogP contribution in [0.2, 0.25) is 0 Å². The maximum absolute atomic E-state index is 12.2. The number of rotatable bonds is 8. The van der Waals surface area contributed by atoms with Gasteiger partial charge in [0.15, 0.2) is 4.34 Å². The van der Waals surface area contributed by atoms with Gasteiger partial charge in [0.05, 0.1) is 17.9 Å². The van der Waals surface area contributed by atoms with Crippen LogP contribution >= 0.6 is 39.0 Å². The lowest BCUT2D eigenvalue weighted by atomic mass is 10.2. The van der Waals surface area contributed by atoms with Gasteiger partial charge in [-0.05, 0) is 42.5 Å². The number of aromatic nitrogens is 1. The molecule has 3 amide bonds. The van der Waals surface area contributed by atoms with Gasteiger partial charge in [-0.15, -0.1) is 11.3 Å². The van der Waals surface area contributed by atoms with Crippen molar-refractivity contribution in [3.8, 4) is 0 Å². The number of nitrogens with zero attached hydrogens (tertiary/aromatic N) is 1. The summed E-state index contributed by atoms with van der Waals surface area (Å²) >= 11 is 6.06. The standard InChI is InChI=1S/C21H19BrN4O3S2/c1-13(27)23-16-3-2-4-17(9-16)25-20(29)12-31-21-26-18(11-30-21)10-19(28)24-15-7-5-14(22)6-8-15/h2-9,11H,10,12H2,1H3,(H,23,27)(H,24,28)(H,25,29). The largest absolute Gasteiger partial charge is 0.326 e. The molecule has 3 N–H and O–H groups in total. The quantitative estimate of drug-likeness (QED) is 0.372. The van der Waals surface area contributed by atoms with E-state index in [1.54, 1.807) is 24.3 Å². The van der Waals surface area contributed by atoms with Gasteiger partial charge in [0, 0.05) is 33.8 Å². The molecule has 31 heavy (non-hydrogen) atoms. The molecule has 0 atom stereocenters. The maximum Gasteiger partial charge on any atom is 0.234 e. The normalized spacial score (nSPS) is 10.4. The van der Waals surface area contributed by atoms with Crippen molar-refractivity contribution >= 4 is 73.8 Å². The molecule has 0 spiro atoms. The van der Waals surface area contributed by atoms with E-state index in [0.717, 1.165) is 10.2 Å². The number of anilines is 3. The van der Waals surface area contributed by atoms with Gasteiger partial charge in [-0.25, -0.2) is 4.98 Å². The molecule has 3 aromatic rings. The second-order valence-corrected chi connectivity index (χ2v) is 9.43.